The molecule has 42 heavy (non-hydrogen) atoms. The predicted molar refractivity (Wildman–Crippen MR) is 162 cm³/mol. The number of nitrogens with zero attached hydrogens (tertiary/aromatic N) is 5. The number of hydrogen-bond donors (Lipinski definition) is 3. The second-order valence-electron chi connectivity index (χ2n) is 10.9. The molecule has 0 unspecified atom stereocenters. The molecule has 1 amide bonds. The van der Waals surface area contributed by atoms with Crippen LogP contribution < -0.4 is 21.9 Å². The van der Waals surface area contributed by atoms with Gasteiger partial charge in [0.25, 0.3) is 5.91 Å². The average Bonchev–Trinajstić information content (AvgIpc) is 3.23. The van der Waals surface area contributed by atoms with Crippen LogP contribution in [0.4, 0.5) is 24.5 Å². The molecular formula is C30H41F3N8O. The third-order valence-corrected chi connectivity index (χ3v) is 7.25. The van der Waals surface area contributed by atoms with E-state index < -0.39 is 17.6 Å². The van der Waals surface area contributed by atoms with Gasteiger partial charge in [0, 0.05) is 42.3 Å². The minimum atomic E-state index is -4.57. The van der Waals surface area contributed by atoms with Crippen molar-refractivity contribution < 1.29 is 18.0 Å². The van der Waals surface area contributed by atoms with Gasteiger partial charge < -0.3 is 20.9 Å². The van der Waals surface area contributed by atoms with Crippen molar-refractivity contribution >= 4 is 23.0 Å². The van der Waals surface area contributed by atoms with E-state index in [2.05, 4.69) is 15.3 Å². The zero-order valence-electron chi connectivity index (χ0n) is 25.3. The lowest BCUT2D eigenvalue weighted by atomic mass is 10.0. The van der Waals surface area contributed by atoms with Gasteiger partial charge in [-0.1, -0.05) is 6.07 Å². The Labute approximate surface area is 245 Å². The number of alkyl halides is 3. The smallest absolute Gasteiger partial charge is 0.397 e. The van der Waals surface area contributed by atoms with Crippen molar-refractivity contribution in [2.75, 3.05) is 44.6 Å². The average molecular weight is 587 g/mol. The highest BCUT2D eigenvalue weighted by Crippen LogP contribution is 2.35. The normalized spacial score (nSPS) is 12.4. The molecule has 0 saturated carbocycles. The molecule has 0 aliphatic carbocycles. The maximum atomic E-state index is 13.8. The van der Waals surface area contributed by atoms with E-state index in [4.69, 9.17) is 11.6 Å². The first kappa shape index (κ1) is 32.6. The number of carbonyl (C=O) groups is 1. The van der Waals surface area contributed by atoms with Crippen LogP contribution in [-0.4, -0.2) is 59.7 Å². The Bertz CT molecular complexity index is 1450. The quantitative estimate of drug-likeness (QED) is 0.222. The third-order valence-electron chi connectivity index (χ3n) is 7.25. The molecule has 0 bridgehead atoms. The maximum absolute atomic E-state index is 13.8. The van der Waals surface area contributed by atoms with Crippen LogP contribution in [0.25, 0.3) is 5.70 Å². The van der Waals surface area contributed by atoms with Crippen LogP contribution in [0, 0.1) is 20.8 Å². The number of anilines is 2. The van der Waals surface area contributed by atoms with E-state index in [1.54, 1.807) is 43.0 Å². The van der Waals surface area contributed by atoms with E-state index in [1.807, 2.05) is 39.9 Å². The molecule has 1 heterocycles. The Morgan fingerprint density at radius 2 is 1.79 bits per heavy atom. The van der Waals surface area contributed by atoms with Gasteiger partial charge >= 0.3 is 6.18 Å². The van der Waals surface area contributed by atoms with Crippen molar-refractivity contribution in [2.24, 2.45) is 18.6 Å². The molecule has 228 valence electrons. The first-order chi connectivity index (χ1) is 19.6. The van der Waals surface area contributed by atoms with E-state index in [0.29, 0.717) is 29.1 Å². The highest BCUT2D eigenvalue weighted by Gasteiger charge is 2.32. The van der Waals surface area contributed by atoms with Gasteiger partial charge in [0.1, 0.15) is 0 Å². The molecule has 0 aliphatic heterocycles. The van der Waals surface area contributed by atoms with Gasteiger partial charge in [0.05, 0.1) is 23.1 Å². The number of nitrogens with one attached hydrogen (secondary N) is 1. The number of hydrazine groups is 1. The Balaban J connectivity index is 1.88. The minimum Gasteiger partial charge on any atom is -0.397 e. The van der Waals surface area contributed by atoms with Gasteiger partial charge in [-0.3, -0.25) is 14.5 Å². The fourth-order valence-electron chi connectivity index (χ4n) is 4.55. The molecule has 0 saturated heterocycles. The number of aromatic nitrogens is 2. The van der Waals surface area contributed by atoms with Crippen molar-refractivity contribution in [2.45, 2.75) is 39.9 Å². The summed E-state index contributed by atoms with van der Waals surface area (Å²) in [4.78, 5) is 17.4. The van der Waals surface area contributed by atoms with Gasteiger partial charge in [-0.05, 0) is 102 Å². The second kappa shape index (κ2) is 13.4. The van der Waals surface area contributed by atoms with Gasteiger partial charge in [-0.2, -0.15) is 18.3 Å². The van der Waals surface area contributed by atoms with Crippen molar-refractivity contribution in [3.63, 3.8) is 0 Å². The molecule has 0 fully saturated rings. The SMILES string of the molecule is Cc1ccc(C(=O)Nc2cc(C(F)(F)F)cc(CN(C)CCCN(C)C)c2C)cc1N(N)/C=C(\N)c1cnn(C)c1C. The number of nitrogens with two attached hydrogens (primary N) is 2. The number of benzene rings is 2. The summed E-state index contributed by atoms with van der Waals surface area (Å²) in [6.07, 6.45) is -0.519. The number of halogens is 3. The van der Waals surface area contributed by atoms with Gasteiger partial charge in [0.15, 0.2) is 0 Å². The summed E-state index contributed by atoms with van der Waals surface area (Å²) in [5, 5.41) is 8.20. The van der Waals surface area contributed by atoms with Crippen LogP contribution in [0.2, 0.25) is 0 Å². The van der Waals surface area contributed by atoms with Crippen LogP contribution >= 0.6 is 0 Å². The Kier molecular flexibility index (Phi) is 10.4. The van der Waals surface area contributed by atoms with Crippen LogP contribution in [0.1, 0.15) is 50.3 Å². The number of carbonyl (C=O) groups excluding carboxylic acids is 1. The topological polar surface area (TPSA) is 109 Å². The highest BCUT2D eigenvalue weighted by atomic mass is 19.4. The minimum absolute atomic E-state index is 0.106. The Morgan fingerprint density at radius 3 is 2.38 bits per heavy atom. The van der Waals surface area contributed by atoms with Crippen LogP contribution in [0.3, 0.4) is 0 Å². The van der Waals surface area contributed by atoms with E-state index in [-0.39, 0.29) is 11.3 Å². The number of hydrogen-bond acceptors (Lipinski definition) is 7. The zero-order chi connectivity index (χ0) is 31.4. The van der Waals surface area contributed by atoms with Crippen molar-refractivity contribution in [3.05, 3.63) is 81.8 Å². The molecule has 0 spiro atoms. The number of rotatable bonds is 11. The molecule has 0 atom stereocenters. The highest BCUT2D eigenvalue weighted by molar-refractivity contribution is 6.05. The van der Waals surface area contributed by atoms with E-state index in [1.165, 1.54) is 11.2 Å². The molecule has 0 aliphatic rings. The standard InChI is InChI=1S/C30H41F3N8O/c1-19-9-10-22(14-28(19)41(35)18-26(34)25-16-36-40(7)21(25)3)29(42)37-27-15-24(30(31,32)33)13-23(20(27)2)17-39(6)12-8-11-38(4)5/h9-10,13-16,18H,8,11-12,17,34-35H2,1-7H3,(H,37,42)/b26-18-. The van der Waals surface area contributed by atoms with Gasteiger partial charge in [-0.25, -0.2) is 5.84 Å². The van der Waals surface area contributed by atoms with Gasteiger partial charge in [-0.15, -0.1) is 0 Å². The Hall–Kier alpha value is -3.87. The summed E-state index contributed by atoms with van der Waals surface area (Å²) >= 11 is 0. The van der Waals surface area contributed by atoms with Crippen molar-refractivity contribution in [1.82, 2.24) is 19.6 Å². The maximum Gasteiger partial charge on any atom is 0.416 e. The summed E-state index contributed by atoms with van der Waals surface area (Å²) in [6, 6.07) is 7.03. The fourth-order valence-corrected chi connectivity index (χ4v) is 4.55. The fraction of sp³-hybridized carbons (Fsp3) is 0.400. The second-order valence-corrected chi connectivity index (χ2v) is 10.9. The molecular weight excluding hydrogens is 545 g/mol. The van der Waals surface area contributed by atoms with E-state index in [9.17, 15) is 18.0 Å². The van der Waals surface area contributed by atoms with Crippen molar-refractivity contribution in [1.29, 1.82) is 0 Å². The molecule has 0 radical (unpaired) electrons. The molecule has 3 rings (SSSR count). The summed E-state index contributed by atoms with van der Waals surface area (Å²) in [7, 11) is 7.63. The first-order valence-corrected chi connectivity index (χ1v) is 13.5. The summed E-state index contributed by atoms with van der Waals surface area (Å²) in [5.41, 5.74) is 10.1. The van der Waals surface area contributed by atoms with Crippen LogP contribution in [0.5, 0.6) is 0 Å². The number of amides is 1. The first-order valence-electron chi connectivity index (χ1n) is 13.5. The molecule has 3 aromatic rings. The summed E-state index contributed by atoms with van der Waals surface area (Å²) < 4.78 is 43.2. The third kappa shape index (κ3) is 8.11. The lowest BCUT2D eigenvalue weighted by Gasteiger charge is -2.22. The lowest BCUT2D eigenvalue weighted by Crippen LogP contribution is -2.27. The molecule has 9 nitrogen and oxygen atoms in total. The van der Waals surface area contributed by atoms with Gasteiger partial charge in [0.2, 0.25) is 0 Å². The summed E-state index contributed by atoms with van der Waals surface area (Å²) in [6.45, 7) is 7.33. The largest absolute Gasteiger partial charge is 0.416 e. The molecule has 1 aromatic heterocycles. The molecule has 5 N–H and O–H groups in total. The lowest BCUT2D eigenvalue weighted by molar-refractivity contribution is -0.137. The predicted octanol–water partition coefficient (Wildman–Crippen LogP) is 4.64. The molecule has 2 aromatic carbocycles. The zero-order valence-corrected chi connectivity index (χ0v) is 25.3. The molecule has 12 heteroatoms. The van der Waals surface area contributed by atoms with E-state index >= 15 is 0 Å². The Morgan fingerprint density at radius 1 is 1.10 bits per heavy atom. The van der Waals surface area contributed by atoms with Crippen molar-refractivity contribution in [3.8, 4) is 0 Å². The number of aryl methyl sites for hydroxylation is 2. The summed E-state index contributed by atoms with van der Waals surface area (Å²) in [5.74, 6) is 5.75. The van der Waals surface area contributed by atoms with Crippen LogP contribution in [-0.2, 0) is 19.8 Å². The van der Waals surface area contributed by atoms with Crippen LogP contribution in [0.15, 0.2) is 42.7 Å². The van der Waals surface area contributed by atoms with E-state index in [0.717, 1.165) is 48.5 Å². The monoisotopic (exact) mass is 586 g/mol.